The summed E-state index contributed by atoms with van der Waals surface area (Å²) in [6, 6.07) is 0. The topological polar surface area (TPSA) is 18.5 Å². The van der Waals surface area contributed by atoms with E-state index >= 15 is 0 Å². The van der Waals surface area contributed by atoms with Crippen LogP contribution in [-0.2, 0) is 7.58 Å². The highest BCUT2D eigenvalue weighted by Gasteiger charge is 2.45. The van der Waals surface area contributed by atoms with Crippen LogP contribution in [0.25, 0.3) is 0 Å². The first-order chi connectivity index (χ1) is 16.4. The van der Waals surface area contributed by atoms with Gasteiger partial charge in [-0.2, -0.15) is 0 Å². The Morgan fingerprint density at radius 2 is 1.00 bits per heavy atom. The Morgan fingerprint density at radius 3 is 1.24 bits per heavy atom. The van der Waals surface area contributed by atoms with Gasteiger partial charge in [0.15, 0.2) is 0 Å². The van der Waals surface area contributed by atoms with Crippen molar-refractivity contribution in [1.82, 2.24) is 0 Å². The zero-order valence-electron chi connectivity index (χ0n) is 27.4. The van der Waals surface area contributed by atoms with Gasteiger partial charge in [0.1, 0.15) is 0 Å². The summed E-state index contributed by atoms with van der Waals surface area (Å²) in [7, 11) is 0. The van der Waals surface area contributed by atoms with Crippen molar-refractivity contribution in [3.05, 3.63) is 47.0 Å². The minimum Gasteiger partial charge on any atom is -0.612 e. The van der Waals surface area contributed by atoms with Crippen molar-refractivity contribution in [2.24, 2.45) is 38.4 Å². The molecular weight excluding hydrogens is 467 g/mol. The summed E-state index contributed by atoms with van der Waals surface area (Å²) in [4.78, 5) is 0. The maximum absolute atomic E-state index is 6.97. The zero-order chi connectivity index (χ0) is 28.8. The Morgan fingerprint density at radius 1 is 0.676 bits per heavy atom. The van der Waals surface area contributed by atoms with Crippen molar-refractivity contribution in [3.63, 3.8) is 0 Å². The predicted octanol–water partition coefficient (Wildman–Crippen LogP) is 10.8. The SMILES string of the molecule is CC(C)[CH2][Al]([O]C1=C(C(C)(C)C)CC(C)(C(C)(C)C)C=C1)[O]C1=C(C(C)(C)C)CC(C)(C(C)(C)C)C=C1. The van der Waals surface area contributed by atoms with Crippen LogP contribution in [0.2, 0.25) is 5.28 Å². The standard InChI is InChI=1S/2C15H26O.C4H9.Al/c2*1-13(2,3)11-10-15(7,14(4,5)6)9-8-12(11)16;1-4(2)3;/h2*8-9,16H,10H2,1-7H3;4H,1H2,2-3H3;/q;;;+2/p-2. The van der Waals surface area contributed by atoms with Crippen molar-refractivity contribution in [2.45, 2.75) is 129 Å². The second-order valence-corrected chi connectivity index (χ2v) is 18.6. The van der Waals surface area contributed by atoms with Gasteiger partial charge in [0.05, 0.1) is 11.5 Å². The van der Waals surface area contributed by atoms with E-state index < -0.39 is 14.8 Å². The Bertz CT molecular complexity index is 876. The average Bonchev–Trinajstić information content (AvgIpc) is 2.67. The van der Waals surface area contributed by atoms with Gasteiger partial charge in [0.2, 0.25) is 0 Å². The van der Waals surface area contributed by atoms with Gasteiger partial charge in [-0.25, -0.2) is 0 Å². The number of hydrogen-bond donors (Lipinski definition) is 0. The molecule has 2 rings (SSSR count). The lowest BCUT2D eigenvalue weighted by molar-refractivity contribution is 0.148. The second-order valence-electron chi connectivity index (χ2n) is 16.8. The monoisotopic (exact) mass is 526 g/mol. The Balaban J connectivity index is 2.50. The maximum atomic E-state index is 6.97. The highest BCUT2D eigenvalue weighted by atomic mass is 27.2. The van der Waals surface area contributed by atoms with E-state index in [0.29, 0.717) is 5.92 Å². The quantitative estimate of drug-likeness (QED) is 0.320. The third-order valence-corrected chi connectivity index (χ3v) is 11.7. The zero-order valence-corrected chi connectivity index (χ0v) is 28.6. The lowest BCUT2D eigenvalue weighted by atomic mass is 9.60. The van der Waals surface area contributed by atoms with Crippen LogP contribution in [0.15, 0.2) is 47.0 Å². The largest absolute Gasteiger partial charge is 0.857 e. The molecule has 2 nitrogen and oxygen atoms in total. The molecule has 0 aromatic heterocycles. The van der Waals surface area contributed by atoms with Crippen LogP contribution in [0.5, 0.6) is 0 Å². The van der Waals surface area contributed by atoms with Crippen molar-refractivity contribution in [1.29, 1.82) is 0 Å². The molecule has 2 aliphatic carbocycles. The van der Waals surface area contributed by atoms with Gasteiger partial charge in [0.25, 0.3) is 0 Å². The van der Waals surface area contributed by atoms with Crippen LogP contribution < -0.4 is 0 Å². The van der Waals surface area contributed by atoms with Crippen LogP contribution in [0.3, 0.4) is 0 Å². The fraction of sp³-hybridized carbons (Fsp3) is 0.765. The van der Waals surface area contributed by atoms with Gasteiger partial charge in [-0.1, -0.05) is 129 Å². The summed E-state index contributed by atoms with van der Waals surface area (Å²) in [5.41, 5.74) is 3.47. The summed E-state index contributed by atoms with van der Waals surface area (Å²) in [5, 5.41) is 0.983. The molecule has 37 heavy (non-hydrogen) atoms. The molecule has 0 N–H and O–H groups in total. The molecule has 0 spiro atoms. The fourth-order valence-corrected chi connectivity index (χ4v) is 7.07. The molecule has 0 bridgehead atoms. The molecule has 2 atom stereocenters. The van der Waals surface area contributed by atoms with E-state index in [2.05, 4.69) is 135 Å². The minimum absolute atomic E-state index is 0.0402. The summed E-state index contributed by atoms with van der Waals surface area (Å²) < 4.78 is 13.9. The highest BCUT2D eigenvalue weighted by molar-refractivity contribution is 6.45. The molecule has 0 radical (unpaired) electrons. The Hall–Kier alpha value is -0.908. The van der Waals surface area contributed by atoms with E-state index in [0.717, 1.165) is 29.6 Å². The van der Waals surface area contributed by atoms with Crippen LogP contribution in [-0.4, -0.2) is 14.8 Å². The molecule has 2 unspecified atom stereocenters. The minimum atomic E-state index is -2.05. The molecule has 0 aromatic rings. The molecular formula is C34H59AlO2. The van der Waals surface area contributed by atoms with Crippen molar-refractivity contribution < 1.29 is 7.58 Å². The highest BCUT2D eigenvalue weighted by Crippen LogP contribution is 2.53. The lowest BCUT2D eigenvalue weighted by Gasteiger charge is -2.46. The van der Waals surface area contributed by atoms with E-state index in [1.165, 1.54) is 11.1 Å². The molecule has 3 heteroatoms. The van der Waals surface area contributed by atoms with Crippen LogP contribution in [0.1, 0.15) is 124 Å². The summed E-state index contributed by atoms with van der Waals surface area (Å²) in [5.74, 6) is 2.64. The lowest BCUT2D eigenvalue weighted by Crippen LogP contribution is -2.37. The molecule has 0 heterocycles. The Kier molecular flexibility index (Phi) is 9.24. The summed E-state index contributed by atoms with van der Waals surface area (Å²) >= 11 is -2.05. The molecule has 2 aliphatic rings. The van der Waals surface area contributed by atoms with E-state index in [1.54, 1.807) is 0 Å². The van der Waals surface area contributed by atoms with Crippen molar-refractivity contribution in [3.8, 4) is 0 Å². The first kappa shape index (κ1) is 32.3. The Labute approximate surface area is 236 Å². The summed E-state index contributed by atoms with van der Waals surface area (Å²) in [6.45, 7) is 37.4. The van der Waals surface area contributed by atoms with Gasteiger partial charge < -0.3 is 7.58 Å². The van der Waals surface area contributed by atoms with Gasteiger partial charge in [-0.3, -0.25) is 0 Å². The van der Waals surface area contributed by atoms with Gasteiger partial charge in [-0.15, -0.1) is 0 Å². The molecule has 0 aromatic carbocycles. The smallest absolute Gasteiger partial charge is 0.612 e. The number of rotatable bonds is 6. The van der Waals surface area contributed by atoms with Crippen LogP contribution >= 0.6 is 0 Å². The average molecular weight is 527 g/mol. The molecule has 0 saturated carbocycles. The normalized spacial score (nSPS) is 25.8. The third-order valence-electron chi connectivity index (χ3n) is 9.31. The molecule has 0 amide bonds. The molecule has 0 fully saturated rings. The number of hydrogen-bond acceptors (Lipinski definition) is 2. The van der Waals surface area contributed by atoms with Crippen LogP contribution in [0, 0.1) is 38.4 Å². The van der Waals surface area contributed by atoms with E-state index in [1.807, 2.05) is 0 Å². The molecule has 210 valence electrons. The third kappa shape index (κ3) is 7.60. The number of allylic oxidation sites excluding steroid dienone is 6. The predicted molar refractivity (Wildman–Crippen MR) is 163 cm³/mol. The maximum Gasteiger partial charge on any atom is 0.857 e. The van der Waals surface area contributed by atoms with Crippen molar-refractivity contribution >= 4 is 14.8 Å². The molecule has 0 saturated heterocycles. The van der Waals surface area contributed by atoms with Crippen LogP contribution in [0.4, 0.5) is 0 Å². The van der Waals surface area contributed by atoms with E-state index in [9.17, 15) is 0 Å². The second kappa shape index (κ2) is 10.6. The van der Waals surface area contributed by atoms with Gasteiger partial charge in [0, 0.05) is 0 Å². The first-order valence-electron chi connectivity index (χ1n) is 14.6. The summed E-state index contributed by atoms with van der Waals surface area (Å²) in [6.07, 6.45) is 11.4. The van der Waals surface area contributed by atoms with Gasteiger partial charge >= 0.3 is 14.8 Å². The van der Waals surface area contributed by atoms with Gasteiger partial charge in [-0.05, 0) is 73.9 Å². The van der Waals surface area contributed by atoms with E-state index in [4.69, 9.17) is 7.58 Å². The van der Waals surface area contributed by atoms with Crippen molar-refractivity contribution in [2.75, 3.05) is 0 Å². The molecule has 0 aliphatic heterocycles. The van der Waals surface area contributed by atoms with E-state index in [-0.39, 0.29) is 32.5 Å². The fourth-order valence-electron chi connectivity index (χ4n) is 5.06. The first-order valence-corrected chi connectivity index (χ1v) is 16.3.